The van der Waals surface area contributed by atoms with E-state index >= 15 is 0 Å². The topological polar surface area (TPSA) is 78.4 Å². The van der Waals surface area contributed by atoms with Crippen molar-refractivity contribution >= 4 is 12.0 Å². The standard InChI is InChI=1S/C11H22N2O3/c1-4-6-8-12-10(16)13-11(3,7-5-2)9(14)15/h4-8H2,1-3H3,(H,14,15)(H2,12,13,16). The predicted octanol–water partition coefficient (Wildman–Crippen LogP) is 1.73. The second-order valence-corrected chi connectivity index (χ2v) is 4.12. The average Bonchev–Trinajstić information content (AvgIpc) is 2.18. The van der Waals surface area contributed by atoms with E-state index in [1.807, 2.05) is 13.8 Å². The van der Waals surface area contributed by atoms with E-state index in [2.05, 4.69) is 10.6 Å². The minimum atomic E-state index is -1.18. The van der Waals surface area contributed by atoms with Gasteiger partial charge in [0.05, 0.1) is 0 Å². The number of carboxylic acid groups (broad SMARTS) is 1. The van der Waals surface area contributed by atoms with Gasteiger partial charge < -0.3 is 15.7 Å². The van der Waals surface area contributed by atoms with Crippen LogP contribution in [-0.2, 0) is 4.79 Å². The molecule has 1 unspecified atom stereocenters. The highest BCUT2D eigenvalue weighted by Gasteiger charge is 2.33. The number of urea groups is 1. The predicted molar refractivity (Wildman–Crippen MR) is 62.4 cm³/mol. The Hall–Kier alpha value is -1.26. The van der Waals surface area contributed by atoms with E-state index in [1.165, 1.54) is 6.92 Å². The number of carbonyl (C=O) groups is 2. The Morgan fingerprint density at radius 2 is 1.88 bits per heavy atom. The lowest BCUT2D eigenvalue weighted by molar-refractivity contribution is -0.144. The molecule has 0 aliphatic rings. The van der Waals surface area contributed by atoms with Crippen LogP contribution in [0.25, 0.3) is 0 Å². The molecule has 0 aromatic carbocycles. The number of rotatable bonds is 7. The molecule has 94 valence electrons. The lowest BCUT2D eigenvalue weighted by Crippen LogP contribution is -2.55. The highest BCUT2D eigenvalue weighted by Crippen LogP contribution is 2.12. The van der Waals surface area contributed by atoms with E-state index in [0.717, 1.165) is 12.8 Å². The third kappa shape index (κ3) is 5.00. The molecule has 0 bridgehead atoms. The van der Waals surface area contributed by atoms with Crippen LogP contribution >= 0.6 is 0 Å². The van der Waals surface area contributed by atoms with Crippen LogP contribution in [0.5, 0.6) is 0 Å². The highest BCUT2D eigenvalue weighted by atomic mass is 16.4. The van der Waals surface area contributed by atoms with Crippen molar-refractivity contribution in [3.05, 3.63) is 0 Å². The van der Waals surface area contributed by atoms with Crippen molar-refractivity contribution in [2.45, 2.75) is 52.0 Å². The fourth-order valence-electron chi connectivity index (χ4n) is 1.40. The van der Waals surface area contributed by atoms with E-state index in [9.17, 15) is 9.59 Å². The van der Waals surface area contributed by atoms with Crippen molar-refractivity contribution in [3.8, 4) is 0 Å². The first-order valence-corrected chi connectivity index (χ1v) is 5.75. The molecule has 0 radical (unpaired) electrons. The molecule has 5 nitrogen and oxygen atoms in total. The maximum absolute atomic E-state index is 11.4. The van der Waals surface area contributed by atoms with Crippen LogP contribution in [0.2, 0.25) is 0 Å². The van der Waals surface area contributed by atoms with E-state index in [4.69, 9.17) is 5.11 Å². The molecule has 0 aliphatic carbocycles. The number of aliphatic carboxylic acids is 1. The molecular formula is C11H22N2O3. The fourth-order valence-corrected chi connectivity index (χ4v) is 1.40. The van der Waals surface area contributed by atoms with Gasteiger partial charge in [-0.1, -0.05) is 26.7 Å². The molecule has 16 heavy (non-hydrogen) atoms. The third-order valence-electron chi connectivity index (χ3n) is 2.43. The summed E-state index contributed by atoms with van der Waals surface area (Å²) in [5.41, 5.74) is -1.18. The molecule has 0 aliphatic heterocycles. The zero-order valence-electron chi connectivity index (χ0n) is 10.3. The first-order chi connectivity index (χ1) is 7.46. The zero-order chi connectivity index (χ0) is 12.6. The van der Waals surface area contributed by atoms with E-state index in [1.54, 1.807) is 0 Å². The Morgan fingerprint density at radius 1 is 1.25 bits per heavy atom. The Labute approximate surface area is 96.6 Å². The van der Waals surface area contributed by atoms with Gasteiger partial charge in [-0.25, -0.2) is 9.59 Å². The Kier molecular flexibility index (Phi) is 6.53. The van der Waals surface area contributed by atoms with Gasteiger partial charge in [-0.2, -0.15) is 0 Å². The number of carbonyl (C=O) groups excluding carboxylic acids is 1. The first kappa shape index (κ1) is 14.7. The van der Waals surface area contributed by atoms with E-state index < -0.39 is 17.5 Å². The van der Waals surface area contributed by atoms with E-state index in [0.29, 0.717) is 19.4 Å². The number of hydrogen-bond donors (Lipinski definition) is 3. The van der Waals surface area contributed by atoms with Crippen molar-refractivity contribution in [2.24, 2.45) is 0 Å². The van der Waals surface area contributed by atoms with Crippen molar-refractivity contribution < 1.29 is 14.7 Å². The molecule has 0 saturated carbocycles. The molecule has 0 heterocycles. The number of carboxylic acids is 1. The molecule has 0 fully saturated rings. The monoisotopic (exact) mass is 230 g/mol. The third-order valence-corrected chi connectivity index (χ3v) is 2.43. The Morgan fingerprint density at radius 3 is 2.31 bits per heavy atom. The molecule has 1 atom stereocenters. The van der Waals surface area contributed by atoms with Crippen LogP contribution in [0.3, 0.4) is 0 Å². The van der Waals surface area contributed by atoms with Gasteiger partial charge in [0.1, 0.15) is 5.54 Å². The molecule has 3 N–H and O–H groups in total. The Bertz CT molecular complexity index is 243. The maximum atomic E-state index is 11.4. The van der Waals surface area contributed by atoms with Gasteiger partial charge in [0.15, 0.2) is 0 Å². The second kappa shape index (κ2) is 7.09. The highest BCUT2D eigenvalue weighted by molar-refractivity contribution is 5.85. The fraction of sp³-hybridized carbons (Fsp3) is 0.818. The molecule has 2 amide bonds. The summed E-state index contributed by atoms with van der Waals surface area (Å²) >= 11 is 0. The molecular weight excluding hydrogens is 208 g/mol. The van der Waals surface area contributed by atoms with Crippen LogP contribution in [-0.4, -0.2) is 29.2 Å². The number of unbranched alkanes of at least 4 members (excludes halogenated alkanes) is 1. The van der Waals surface area contributed by atoms with Crippen LogP contribution in [0, 0.1) is 0 Å². The summed E-state index contributed by atoms with van der Waals surface area (Å²) in [7, 11) is 0. The normalized spacial score (nSPS) is 13.9. The van der Waals surface area contributed by atoms with Gasteiger partial charge in [-0.3, -0.25) is 0 Å². The quantitative estimate of drug-likeness (QED) is 0.583. The van der Waals surface area contributed by atoms with Crippen LogP contribution in [0.4, 0.5) is 4.79 Å². The van der Waals surface area contributed by atoms with Crippen molar-refractivity contribution in [2.75, 3.05) is 6.54 Å². The second-order valence-electron chi connectivity index (χ2n) is 4.12. The molecule has 0 saturated heterocycles. The molecule has 0 rings (SSSR count). The summed E-state index contributed by atoms with van der Waals surface area (Å²) < 4.78 is 0. The lowest BCUT2D eigenvalue weighted by atomic mass is 9.97. The first-order valence-electron chi connectivity index (χ1n) is 5.75. The van der Waals surface area contributed by atoms with Gasteiger partial charge in [-0.05, 0) is 19.8 Å². The molecule has 0 aromatic heterocycles. The minimum Gasteiger partial charge on any atom is -0.480 e. The van der Waals surface area contributed by atoms with Crippen molar-refractivity contribution in [1.82, 2.24) is 10.6 Å². The number of amides is 2. The number of nitrogens with one attached hydrogen (secondary N) is 2. The molecule has 0 aromatic rings. The largest absolute Gasteiger partial charge is 0.480 e. The maximum Gasteiger partial charge on any atom is 0.329 e. The molecule has 0 spiro atoms. The van der Waals surface area contributed by atoms with Crippen LogP contribution in [0.15, 0.2) is 0 Å². The summed E-state index contributed by atoms with van der Waals surface area (Å²) in [5.74, 6) is -1.00. The average molecular weight is 230 g/mol. The van der Waals surface area contributed by atoms with Gasteiger partial charge >= 0.3 is 12.0 Å². The summed E-state index contributed by atoms with van der Waals surface area (Å²) in [6, 6.07) is -0.410. The minimum absolute atomic E-state index is 0.410. The van der Waals surface area contributed by atoms with E-state index in [-0.39, 0.29) is 0 Å². The molecule has 5 heteroatoms. The number of hydrogen-bond acceptors (Lipinski definition) is 2. The van der Waals surface area contributed by atoms with Gasteiger partial charge in [-0.15, -0.1) is 0 Å². The van der Waals surface area contributed by atoms with Crippen LogP contribution < -0.4 is 10.6 Å². The van der Waals surface area contributed by atoms with Gasteiger partial charge in [0.2, 0.25) is 0 Å². The zero-order valence-corrected chi connectivity index (χ0v) is 10.3. The van der Waals surface area contributed by atoms with Crippen molar-refractivity contribution in [3.63, 3.8) is 0 Å². The summed E-state index contributed by atoms with van der Waals surface area (Å²) in [6.07, 6.45) is 3.01. The Balaban J connectivity index is 4.19. The smallest absolute Gasteiger partial charge is 0.329 e. The summed E-state index contributed by atoms with van der Waals surface area (Å²) in [4.78, 5) is 22.5. The van der Waals surface area contributed by atoms with Crippen molar-refractivity contribution in [1.29, 1.82) is 0 Å². The van der Waals surface area contributed by atoms with Gasteiger partial charge in [0, 0.05) is 6.54 Å². The summed E-state index contributed by atoms with van der Waals surface area (Å²) in [6.45, 7) is 6.01. The summed E-state index contributed by atoms with van der Waals surface area (Å²) in [5, 5.41) is 14.2. The SMILES string of the molecule is CCCCNC(=O)NC(C)(CCC)C(=O)O. The van der Waals surface area contributed by atoms with Gasteiger partial charge in [0.25, 0.3) is 0 Å². The lowest BCUT2D eigenvalue weighted by Gasteiger charge is -2.25. The van der Waals surface area contributed by atoms with Crippen LogP contribution in [0.1, 0.15) is 46.5 Å².